The third kappa shape index (κ3) is 4.49. The first-order valence-electron chi connectivity index (χ1n) is 12.7. The van der Waals surface area contributed by atoms with Gasteiger partial charge in [-0.2, -0.15) is 0 Å². The molecule has 11 nitrogen and oxygen atoms in total. The Bertz CT molecular complexity index is 1340. The summed E-state index contributed by atoms with van der Waals surface area (Å²) >= 11 is 0. The molecule has 0 saturated heterocycles. The molecule has 2 amide bonds. The van der Waals surface area contributed by atoms with Crippen molar-refractivity contribution >= 4 is 41.0 Å². The van der Waals surface area contributed by atoms with Crippen LogP contribution in [-0.2, 0) is 30.4 Å². The molecular weight excluding hydrogens is 506 g/mol. The zero-order chi connectivity index (χ0) is 29.2. The third-order valence-electron chi connectivity index (χ3n) is 7.89. The van der Waals surface area contributed by atoms with Crippen molar-refractivity contribution in [1.82, 2.24) is 10.2 Å². The maximum Gasteiger partial charge on any atom is 0.244 e. The molecule has 0 bridgehead atoms. The molecule has 0 aromatic heterocycles. The highest BCUT2D eigenvalue weighted by atomic mass is 16.3. The predicted octanol–water partition coefficient (Wildman–Crippen LogP) is -0.205. The summed E-state index contributed by atoms with van der Waals surface area (Å²) in [4.78, 5) is 79.8. The second kappa shape index (κ2) is 9.49. The number of likely N-dealkylation sites (N-methyl/N-ethyl adjacent to an activating group) is 1. The average Bonchev–Trinajstić information content (AvgIpc) is 2.79. The van der Waals surface area contributed by atoms with Gasteiger partial charge in [-0.15, -0.1) is 0 Å². The molecule has 0 heterocycles. The van der Waals surface area contributed by atoms with E-state index in [9.17, 15) is 39.0 Å². The smallest absolute Gasteiger partial charge is 0.244 e. The molecule has 4 rings (SSSR count). The minimum Gasteiger partial charge on any atom is -0.507 e. The van der Waals surface area contributed by atoms with Crippen molar-refractivity contribution in [2.75, 3.05) is 14.1 Å². The lowest BCUT2D eigenvalue weighted by molar-refractivity contribution is -0.181. The second-order valence-electron chi connectivity index (χ2n) is 11.9. The fourth-order valence-electron chi connectivity index (χ4n) is 6.36. The number of fused-ring (bicyclic) bond motifs is 3. The van der Waals surface area contributed by atoms with Crippen LogP contribution in [0.1, 0.15) is 48.7 Å². The number of nitrogens with one attached hydrogen (secondary N) is 1. The normalized spacial score (nSPS) is 30.7. The van der Waals surface area contributed by atoms with E-state index in [1.807, 2.05) is 20.8 Å². The van der Waals surface area contributed by atoms with Gasteiger partial charge in [0.25, 0.3) is 0 Å². The summed E-state index contributed by atoms with van der Waals surface area (Å²) < 4.78 is 0. The Balaban J connectivity index is 1.79. The van der Waals surface area contributed by atoms with Crippen LogP contribution in [0.2, 0.25) is 0 Å². The topological polar surface area (TPSA) is 184 Å². The van der Waals surface area contributed by atoms with E-state index in [-0.39, 0.29) is 30.1 Å². The zero-order valence-corrected chi connectivity index (χ0v) is 22.5. The molecule has 2 saturated carbocycles. The van der Waals surface area contributed by atoms with Crippen LogP contribution in [0, 0.1) is 23.7 Å². The van der Waals surface area contributed by atoms with Crippen LogP contribution in [-0.4, -0.2) is 81.3 Å². The highest BCUT2D eigenvalue weighted by molar-refractivity contribution is 6.32. The number of hydrogen-bond donors (Lipinski definition) is 4. The monoisotopic (exact) mass is 539 g/mol. The van der Waals surface area contributed by atoms with Crippen molar-refractivity contribution < 1.29 is 39.0 Å². The second-order valence-corrected chi connectivity index (χ2v) is 11.9. The molecule has 1 aromatic carbocycles. The molecule has 39 heavy (non-hydrogen) atoms. The SMILES string of the molecule is CN(C)C1C(=O)C(C(N)=O)C(=O)C2(O)C(=O)C3C(=O)c4c(O)ccc(/C=C/C(=O)NC(C)(C)C)c4CC3CC12. The molecule has 1 aromatic rings. The lowest BCUT2D eigenvalue weighted by Gasteiger charge is -2.52. The van der Waals surface area contributed by atoms with E-state index in [1.54, 1.807) is 6.07 Å². The van der Waals surface area contributed by atoms with E-state index in [4.69, 9.17) is 5.73 Å². The first kappa shape index (κ1) is 28.3. The van der Waals surface area contributed by atoms with E-state index >= 15 is 0 Å². The third-order valence-corrected chi connectivity index (χ3v) is 7.89. The highest BCUT2D eigenvalue weighted by Gasteiger charge is 2.69. The molecule has 6 unspecified atom stereocenters. The Morgan fingerprint density at radius 1 is 1.13 bits per heavy atom. The summed E-state index contributed by atoms with van der Waals surface area (Å²) in [6, 6.07) is 1.66. The minimum atomic E-state index is -2.77. The summed E-state index contributed by atoms with van der Waals surface area (Å²) in [5.74, 6) is -11.4. The molecule has 5 N–H and O–H groups in total. The first-order valence-corrected chi connectivity index (χ1v) is 12.7. The van der Waals surface area contributed by atoms with Crippen LogP contribution in [0.15, 0.2) is 18.2 Å². The summed E-state index contributed by atoms with van der Waals surface area (Å²) in [6.45, 7) is 5.48. The molecule has 6 atom stereocenters. The summed E-state index contributed by atoms with van der Waals surface area (Å²) in [6.07, 6.45) is 2.89. The summed E-state index contributed by atoms with van der Waals surface area (Å²) in [7, 11) is 3.05. The van der Waals surface area contributed by atoms with Crippen LogP contribution < -0.4 is 11.1 Å². The van der Waals surface area contributed by atoms with Crippen LogP contribution >= 0.6 is 0 Å². The molecular formula is C28H33N3O8. The van der Waals surface area contributed by atoms with Gasteiger partial charge in [-0.25, -0.2) is 0 Å². The molecule has 208 valence electrons. The van der Waals surface area contributed by atoms with Crippen LogP contribution in [0.5, 0.6) is 5.75 Å². The number of carbonyl (C=O) groups excluding carboxylic acids is 6. The minimum absolute atomic E-state index is 0.0484. The number of aliphatic hydroxyl groups is 1. The summed E-state index contributed by atoms with van der Waals surface area (Å²) in [5.41, 5.74) is 2.87. The number of aromatic hydroxyl groups is 1. The van der Waals surface area contributed by atoms with E-state index in [0.29, 0.717) is 11.1 Å². The van der Waals surface area contributed by atoms with Crippen molar-refractivity contribution in [3.05, 3.63) is 34.9 Å². The number of hydrogen-bond acceptors (Lipinski definition) is 9. The van der Waals surface area contributed by atoms with Crippen molar-refractivity contribution in [3.63, 3.8) is 0 Å². The number of nitrogens with zero attached hydrogens (tertiary/aromatic N) is 1. The van der Waals surface area contributed by atoms with Gasteiger partial charge < -0.3 is 21.3 Å². The van der Waals surface area contributed by atoms with E-state index < -0.39 is 69.9 Å². The van der Waals surface area contributed by atoms with Crippen molar-refractivity contribution in [2.24, 2.45) is 29.4 Å². The molecule has 0 radical (unpaired) electrons. The number of Topliss-reactive ketones (excluding diaryl/α,β-unsaturated/α-hetero) is 4. The fourth-order valence-corrected chi connectivity index (χ4v) is 6.36. The largest absolute Gasteiger partial charge is 0.507 e. The lowest BCUT2D eigenvalue weighted by Crippen LogP contribution is -2.74. The maximum atomic E-state index is 13.8. The molecule has 3 aliphatic carbocycles. The van der Waals surface area contributed by atoms with Crippen molar-refractivity contribution in [2.45, 2.75) is 50.8 Å². The zero-order valence-electron chi connectivity index (χ0n) is 22.5. The van der Waals surface area contributed by atoms with Crippen molar-refractivity contribution in [3.8, 4) is 5.75 Å². The first-order chi connectivity index (χ1) is 18.0. The number of carbonyl (C=O) groups is 6. The summed E-state index contributed by atoms with van der Waals surface area (Å²) in [5, 5.41) is 25.0. The van der Waals surface area contributed by atoms with Gasteiger partial charge in [0.2, 0.25) is 11.8 Å². The van der Waals surface area contributed by atoms with Gasteiger partial charge in [0.1, 0.15) is 5.75 Å². The Morgan fingerprint density at radius 3 is 2.33 bits per heavy atom. The van der Waals surface area contributed by atoms with E-state index in [2.05, 4.69) is 5.32 Å². The maximum absolute atomic E-state index is 13.8. The molecule has 11 heteroatoms. The number of nitrogens with two attached hydrogens (primary N) is 1. The van der Waals surface area contributed by atoms with Gasteiger partial charge in [0.15, 0.2) is 34.7 Å². The van der Waals surface area contributed by atoms with Crippen LogP contribution in [0.3, 0.4) is 0 Å². The van der Waals surface area contributed by atoms with E-state index in [0.717, 1.165) is 0 Å². The molecule has 0 aliphatic heterocycles. The van der Waals surface area contributed by atoms with Gasteiger partial charge in [-0.1, -0.05) is 6.07 Å². The fraction of sp³-hybridized carbons (Fsp3) is 0.500. The number of phenols is 1. The van der Waals surface area contributed by atoms with Gasteiger partial charge in [0.05, 0.1) is 17.5 Å². The number of rotatable bonds is 4. The van der Waals surface area contributed by atoms with Crippen LogP contribution in [0.25, 0.3) is 6.08 Å². The molecule has 3 aliphatic rings. The number of ketones is 4. The number of amides is 2. The quantitative estimate of drug-likeness (QED) is 0.297. The number of benzene rings is 1. The van der Waals surface area contributed by atoms with Gasteiger partial charge in [0, 0.05) is 17.5 Å². The Kier molecular flexibility index (Phi) is 6.89. The Labute approximate surface area is 225 Å². The number of phenolic OH excluding ortho intramolecular Hbond substituents is 1. The highest BCUT2D eigenvalue weighted by Crippen LogP contribution is 2.51. The van der Waals surface area contributed by atoms with E-state index in [1.165, 1.54) is 37.2 Å². The Morgan fingerprint density at radius 2 is 1.77 bits per heavy atom. The number of primary amides is 1. The van der Waals surface area contributed by atoms with Gasteiger partial charge in [-0.05, 0) is 76.9 Å². The van der Waals surface area contributed by atoms with Gasteiger partial charge in [-0.3, -0.25) is 33.7 Å². The van der Waals surface area contributed by atoms with Crippen molar-refractivity contribution in [1.29, 1.82) is 0 Å². The standard InChI is InChI=1S/C28H33N3O8/c1-27(2,3)30-17(33)9-7-12-6-8-16(32)19-14(12)10-13-11-15-21(31(4)5)23(35)20(26(29)38)25(37)28(15,39)24(36)18(13)22(19)34/h6-9,13,15,18,20-21,32,39H,10-11H2,1-5H3,(H2,29,38)(H,30,33)/b9-7+. The average molecular weight is 540 g/mol. The van der Waals surface area contributed by atoms with Gasteiger partial charge >= 0.3 is 0 Å². The molecule has 0 spiro atoms. The Hall–Kier alpha value is -3.70. The van der Waals surface area contributed by atoms with Crippen LogP contribution in [0.4, 0.5) is 0 Å². The predicted molar refractivity (Wildman–Crippen MR) is 138 cm³/mol. The molecule has 2 fully saturated rings. The lowest BCUT2D eigenvalue weighted by atomic mass is 9.52.